The van der Waals surface area contributed by atoms with E-state index in [0.29, 0.717) is 18.7 Å². The number of rotatable bonds is 5. The average molecular weight is 331 g/mol. The van der Waals surface area contributed by atoms with Crippen molar-refractivity contribution in [2.24, 2.45) is 0 Å². The molecule has 2 aromatic carbocycles. The SMILES string of the molecule is COCc1ccccc1CNc1cc(Br)cc(C#N)c1. The molecule has 3 nitrogen and oxygen atoms in total. The molecule has 0 unspecified atom stereocenters. The summed E-state index contributed by atoms with van der Waals surface area (Å²) in [4.78, 5) is 0. The Bertz CT molecular complexity index is 635. The van der Waals surface area contributed by atoms with Gasteiger partial charge in [-0.05, 0) is 29.3 Å². The monoisotopic (exact) mass is 330 g/mol. The van der Waals surface area contributed by atoms with Crippen LogP contribution in [0.4, 0.5) is 5.69 Å². The topological polar surface area (TPSA) is 45.0 Å². The second kappa shape index (κ2) is 7.09. The van der Waals surface area contributed by atoms with Gasteiger partial charge in [-0.15, -0.1) is 0 Å². The summed E-state index contributed by atoms with van der Waals surface area (Å²) in [7, 11) is 1.69. The van der Waals surface area contributed by atoms with Crippen LogP contribution in [0.2, 0.25) is 0 Å². The maximum atomic E-state index is 8.97. The number of anilines is 1. The lowest BCUT2D eigenvalue weighted by Crippen LogP contribution is -2.03. The highest BCUT2D eigenvalue weighted by Gasteiger charge is 2.03. The Balaban J connectivity index is 2.13. The second-order valence-electron chi connectivity index (χ2n) is 4.40. The van der Waals surface area contributed by atoms with E-state index in [1.807, 2.05) is 24.3 Å². The maximum Gasteiger partial charge on any atom is 0.0992 e. The minimum Gasteiger partial charge on any atom is -0.381 e. The van der Waals surface area contributed by atoms with Gasteiger partial charge in [0.25, 0.3) is 0 Å². The normalized spacial score (nSPS) is 10.1. The quantitative estimate of drug-likeness (QED) is 0.898. The van der Waals surface area contributed by atoms with Crippen molar-refractivity contribution < 1.29 is 4.74 Å². The predicted molar refractivity (Wildman–Crippen MR) is 83.3 cm³/mol. The minimum absolute atomic E-state index is 0.597. The molecule has 0 saturated heterocycles. The molecule has 0 saturated carbocycles. The molecule has 0 heterocycles. The molecule has 4 heteroatoms. The van der Waals surface area contributed by atoms with Gasteiger partial charge in [0.1, 0.15) is 0 Å². The smallest absolute Gasteiger partial charge is 0.0992 e. The van der Waals surface area contributed by atoms with Crippen molar-refractivity contribution >= 4 is 21.6 Å². The molecule has 0 bridgehead atoms. The van der Waals surface area contributed by atoms with Gasteiger partial charge in [0.05, 0.1) is 18.2 Å². The number of nitrogens with zero attached hydrogens (tertiary/aromatic N) is 1. The van der Waals surface area contributed by atoms with Crippen LogP contribution in [0.3, 0.4) is 0 Å². The molecule has 0 aromatic heterocycles. The molecular formula is C16H15BrN2O. The van der Waals surface area contributed by atoms with Crippen molar-refractivity contribution in [3.05, 3.63) is 63.6 Å². The summed E-state index contributed by atoms with van der Waals surface area (Å²) in [5, 5.41) is 12.3. The van der Waals surface area contributed by atoms with Gasteiger partial charge in [-0.1, -0.05) is 40.2 Å². The maximum absolute atomic E-state index is 8.97. The highest BCUT2D eigenvalue weighted by atomic mass is 79.9. The average Bonchev–Trinajstić information content (AvgIpc) is 2.46. The van der Waals surface area contributed by atoms with Crippen LogP contribution in [0, 0.1) is 11.3 Å². The summed E-state index contributed by atoms with van der Waals surface area (Å²) in [5.74, 6) is 0. The fourth-order valence-corrected chi connectivity index (χ4v) is 2.47. The second-order valence-corrected chi connectivity index (χ2v) is 5.31. The van der Waals surface area contributed by atoms with Crippen LogP contribution < -0.4 is 5.32 Å². The third-order valence-electron chi connectivity index (χ3n) is 2.93. The molecule has 0 aliphatic heterocycles. The number of benzene rings is 2. The molecule has 2 aromatic rings. The third kappa shape index (κ3) is 3.83. The van der Waals surface area contributed by atoms with E-state index in [9.17, 15) is 0 Å². The van der Waals surface area contributed by atoms with Crippen LogP contribution in [-0.4, -0.2) is 7.11 Å². The predicted octanol–water partition coefficient (Wildman–Crippen LogP) is 4.08. The number of nitrogens with one attached hydrogen (secondary N) is 1. The van der Waals surface area contributed by atoms with Crippen LogP contribution in [0.1, 0.15) is 16.7 Å². The van der Waals surface area contributed by atoms with Gasteiger partial charge < -0.3 is 10.1 Å². The van der Waals surface area contributed by atoms with E-state index < -0.39 is 0 Å². The molecular weight excluding hydrogens is 316 g/mol. The molecule has 0 aliphatic rings. The fraction of sp³-hybridized carbons (Fsp3) is 0.188. The molecule has 0 radical (unpaired) electrons. The first-order valence-electron chi connectivity index (χ1n) is 6.23. The first-order valence-corrected chi connectivity index (χ1v) is 7.02. The Kier molecular flexibility index (Phi) is 5.16. The van der Waals surface area contributed by atoms with Gasteiger partial charge in [0, 0.05) is 23.8 Å². The zero-order valence-electron chi connectivity index (χ0n) is 11.2. The van der Waals surface area contributed by atoms with Crippen LogP contribution in [0.5, 0.6) is 0 Å². The van der Waals surface area contributed by atoms with E-state index in [4.69, 9.17) is 10.00 Å². The van der Waals surface area contributed by atoms with Crippen molar-refractivity contribution in [3.8, 4) is 6.07 Å². The lowest BCUT2D eigenvalue weighted by atomic mass is 10.1. The number of hydrogen-bond acceptors (Lipinski definition) is 3. The molecule has 20 heavy (non-hydrogen) atoms. The van der Waals surface area contributed by atoms with Crippen molar-refractivity contribution in [1.82, 2.24) is 0 Å². The van der Waals surface area contributed by atoms with E-state index in [2.05, 4.69) is 39.4 Å². The summed E-state index contributed by atoms with van der Waals surface area (Å²) in [6.07, 6.45) is 0. The van der Waals surface area contributed by atoms with Crippen molar-refractivity contribution in [2.75, 3.05) is 12.4 Å². The molecule has 0 spiro atoms. The number of hydrogen-bond donors (Lipinski definition) is 1. The summed E-state index contributed by atoms with van der Waals surface area (Å²) in [5.41, 5.74) is 3.90. The Morgan fingerprint density at radius 3 is 2.65 bits per heavy atom. The Hall–Kier alpha value is -1.83. The minimum atomic E-state index is 0.597. The Labute approximate surface area is 127 Å². The van der Waals surface area contributed by atoms with Crippen LogP contribution in [-0.2, 0) is 17.9 Å². The highest BCUT2D eigenvalue weighted by molar-refractivity contribution is 9.10. The van der Waals surface area contributed by atoms with E-state index in [1.165, 1.54) is 5.56 Å². The summed E-state index contributed by atoms with van der Waals surface area (Å²) in [6.45, 7) is 1.29. The van der Waals surface area contributed by atoms with E-state index in [-0.39, 0.29) is 0 Å². The molecule has 102 valence electrons. The van der Waals surface area contributed by atoms with Crippen molar-refractivity contribution in [2.45, 2.75) is 13.2 Å². The first kappa shape index (κ1) is 14.6. The number of nitriles is 1. The van der Waals surface area contributed by atoms with E-state index >= 15 is 0 Å². The van der Waals surface area contributed by atoms with Crippen LogP contribution in [0.25, 0.3) is 0 Å². The summed E-state index contributed by atoms with van der Waals surface area (Å²) in [6, 6.07) is 15.9. The zero-order valence-corrected chi connectivity index (χ0v) is 12.8. The standard InChI is InChI=1S/C16H15BrN2O/c1-20-11-14-5-3-2-4-13(14)10-19-16-7-12(9-18)6-15(17)8-16/h2-8,19H,10-11H2,1H3. The van der Waals surface area contributed by atoms with E-state index in [0.717, 1.165) is 15.7 Å². The fourth-order valence-electron chi connectivity index (χ4n) is 1.98. The lowest BCUT2D eigenvalue weighted by molar-refractivity contribution is 0.184. The van der Waals surface area contributed by atoms with Crippen molar-refractivity contribution in [3.63, 3.8) is 0 Å². The lowest BCUT2D eigenvalue weighted by Gasteiger charge is -2.11. The third-order valence-corrected chi connectivity index (χ3v) is 3.39. The number of ether oxygens (including phenoxy) is 1. The molecule has 0 aliphatic carbocycles. The van der Waals surface area contributed by atoms with Gasteiger partial charge in [-0.3, -0.25) is 0 Å². The highest BCUT2D eigenvalue weighted by Crippen LogP contribution is 2.20. The molecule has 0 amide bonds. The largest absolute Gasteiger partial charge is 0.381 e. The number of methoxy groups -OCH3 is 1. The Morgan fingerprint density at radius 2 is 1.95 bits per heavy atom. The van der Waals surface area contributed by atoms with Gasteiger partial charge in [-0.25, -0.2) is 0 Å². The molecule has 0 fully saturated rings. The van der Waals surface area contributed by atoms with E-state index in [1.54, 1.807) is 13.2 Å². The zero-order chi connectivity index (χ0) is 14.4. The van der Waals surface area contributed by atoms with Crippen molar-refractivity contribution in [1.29, 1.82) is 5.26 Å². The van der Waals surface area contributed by atoms with Gasteiger partial charge >= 0.3 is 0 Å². The number of halogens is 1. The van der Waals surface area contributed by atoms with Gasteiger partial charge in [0.15, 0.2) is 0 Å². The van der Waals surface area contributed by atoms with Gasteiger partial charge in [0.2, 0.25) is 0 Å². The summed E-state index contributed by atoms with van der Waals surface area (Å²) >= 11 is 3.41. The van der Waals surface area contributed by atoms with Gasteiger partial charge in [-0.2, -0.15) is 5.26 Å². The van der Waals surface area contributed by atoms with Crippen LogP contribution in [0.15, 0.2) is 46.9 Å². The first-order chi connectivity index (χ1) is 9.72. The van der Waals surface area contributed by atoms with Crippen LogP contribution >= 0.6 is 15.9 Å². The molecule has 1 N–H and O–H groups in total. The Morgan fingerprint density at radius 1 is 1.20 bits per heavy atom. The summed E-state index contributed by atoms with van der Waals surface area (Å²) < 4.78 is 6.09. The molecule has 2 rings (SSSR count). The molecule has 0 atom stereocenters.